The van der Waals surface area contributed by atoms with Gasteiger partial charge >= 0.3 is 0 Å². The Morgan fingerprint density at radius 2 is 2.14 bits per heavy atom. The van der Waals surface area contributed by atoms with E-state index in [4.69, 9.17) is 23.2 Å². The lowest BCUT2D eigenvalue weighted by Crippen LogP contribution is -1.93. The SMILES string of the molecule is O=C(Cl)c1cnc2ccncc2c1Cl. The van der Waals surface area contributed by atoms with E-state index in [9.17, 15) is 4.79 Å². The zero-order valence-corrected chi connectivity index (χ0v) is 8.38. The van der Waals surface area contributed by atoms with Gasteiger partial charge in [-0.15, -0.1) is 0 Å². The third-order valence-electron chi connectivity index (χ3n) is 1.82. The number of halogens is 2. The van der Waals surface area contributed by atoms with Gasteiger partial charge in [-0.1, -0.05) is 11.6 Å². The second-order valence-electron chi connectivity index (χ2n) is 2.65. The molecule has 0 saturated heterocycles. The van der Waals surface area contributed by atoms with Gasteiger partial charge in [-0.25, -0.2) is 0 Å². The van der Waals surface area contributed by atoms with Gasteiger partial charge in [0, 0.05) is 24.0 Å². The van der Waals surface area contributed by atoms with Crippen molar-refractivity contribution in [3.8, 4) is 0 Å². The van der Waals surface area contributed by atoms with Gasteiger partial charge in [-0.2, -0.15) is 0 Å². The molecule has 0 aliphatic heterocycles. The zero-order chi connectivity index (χ0) is 10.1. The van der Waals surface area contributed by atoms with Gasteiger partial charge in [-0.05, 0) is 17.7 Å². The van der Waals surface area contributed by atoms with Crippen LogP contribution in [0, 0.1) is 0 Å². The Morgan fingerprint density at radius 3 is 2.86 bits per heavy atom. The highest BCUT2D eigenvalue weighted by molar-refractivity contribution is 6.69. The minimum Gasteiger partial charge on any atom is -0.275 e. The summed E-state index contributed by atoms with van der Waals surface area (Å²) in [5.41, 5.74) is 0.889. The third-order valence-corrected chi connectivity index (χ3v) is 2.43. The smallest absolute Gasteiger partial charge is 0.255 e. The van der Waals surface area contributed by atoms with E-state index in [0.29, 0.717) is 15.9 Å². The fourth-order valence-corrected chi connectivity index (χ4v) is 1.61. The van der Waals surface area contributed by atoms with Crippen molar-refractivity contribution in [1.82, 2.24) is 9.97 Å². The number of pyridine rings is 2. The first-order valence-corrected chi connectivity index (χ1v) is 4.54. The fraction of sp³-hybridized carbons (Fsp3) is 0. The summed E-state index contributed by atoms with van der Waals surface area (Å²) in [4.78, 5) is 18.9. The molecule has 0 fully saturated rings. The van der Waals surface area contributed by atoms with Gasteiger partial charge in [0.05, 0.1) is 16.1 Å². The van der Waals surface area contributed by atoms with Crippen LogP contribution in [0.1, 0.15) is 10.4 Å². The molecule has 0 N–H and O–H groups in total. The van der Waals surface area contributed by atoms with E-state index in [-0.39, 0.29) is 5.56 Å². The van der Waals surface area contributed by atoms with Crippen LogP contribution in [0.3, 0.4) is 0 Å². The summed E-state index contributed by atoms with van der Waals surface area (Å²) in [6.45, 7) is 0. The third kappa shape index (κ3) is 1.45. The molecule has 2 aromatic heterocycles. The lowest BCUT2D eigenvalue weighted by Gasteiger charge is -2.01. The van der Waals surface area contributed by atoms with Crippen LogP contribution in [0.4, 0.5) is 0 Å². The Hall–Kier alpha value is -1.19. The molecule has 14 heavy (non-hydrogen) atoms. The van der Waals surface area contributed by atoms with Crippen LogP contribution in [0.5, 0.6) is 0 Å². The van der Waals surface area contributed by atoms with Crippen molar-refractivity contribution in [3.63, 3.8) is 0 Å². The average Bonchev–Trinajstić information content (AvgIpc) is 2.18. The molecular weight excluding hydrogens is 223 g/mol. The van der Waals surface area contributed by atoms with Crippen molar-refractivity contribution in [2.45, 2.75) is 0 Å². The molecule has 3 nitrogen and oxygen atoms in total. The Bertz CT molecular complexity index is 513. The van der Waals surface area contributed by atoms with E-state index >= 15 is 0 Å². The van der Waals surface area contributed by atoms with E-state index in [1.165, 1.54) is 6.20 Å². The predicted molar refractivity (Wildman–Crippen MR) is 54.7 cm³/mol. The number of nitrogens with zero attached hydrogens (tertiary/aromatic N) is 2. The molecule has 0 atom stereocenters. The van der Waals surface area contributed by atoms with Crippen LogP contribution in [0.2, 0.25) is 5.02 Å². The molecule has 0 saturated carbocycles. The van der Waals surface area contributed by atoms with Crippen molar-refractivity contribution < 1.29 is 4.79 Å². The molecule has 2 aromatic rings. The van der Waals surface area contributed by atoms with Crippen LogP contribution in [0.15, 0.2) is 24.7 Å². The standard InChI is InChI=1S/C9H4Cl2N2O/c10-8-5-3-12-2-1-7(5)13-4-6(8)9(11)14/h1-4H. The zero-order valence-electron chi connectivity index (χ0n) is 6.87. The van der Waals surface area contributed by atoms with Gasteiger partial charge in [-0.3, -0.25) is 14.8 Å². The van der Waals surface area contributed by atoms with Crippen molar-refractivity contribution >= 4 is 39.3 Å². The molecule has 0 aromatic carbocycles. The van der Waals surface area contributed by atoms with Crippen LogP contribution in [-0.2, 0) is 0 Å². The number of carbonyl (C=O) groups is 1. The summed E-state index contributed by atoms with van der Waals surface area (Å²) < 4.78 is 0. The maximum absolute atomic E-state index is 10.9. The van der Waals surface area contributed by atoms with Gasteiger partial charge < -0.3 is 0 Å². The summed E-state index contributed by atoms with van der Waals surface area (Å²) in [5.74, 6) is 0. The first-order chi connectivity index (χ1) is 6.70. The first kappa shape index (κ1) is 9.37. The van der Waals surface area contributed by atoms with Crippen molar-refractivity contribution in [3.05, 3.63) is 35.2 Å². The average molecular weight is 227 g/mol. The molecule has 0 spiro atoms. The first-order valence-electron chi connectivity index (χ1n) is 3.78. The molecule has 2 rings (SSSR count). The van der Waals surface area contributed by atoms with E-state index in [0.717, 1.165) is 0 Å². The van der Waals surface area contributed by atoms with E-state index in [1.54, 1.807) is 18.5 Å². The number of rotatable bonds is 1. The van der Waals surface area contributed by atoms with Gasteiger partial charge in [0.2, 0.25) is 0 Å². The molecule has 2 heterocycles. The molecular formula is C9H4Cl2N2O. The van der Waals surface area contributed by atoms with Crippen molar-refractivity contribution in [1.29, 1.82) is 0 Å². The Kier molecular flexibility index (Phi) is 2.35. The number of aromatic nitrogens is 2. The van der Waals surface area contributed by atoms with Crippen LogP contribution >= 0.6 is 23.2 Å². The quantitative estimate of drug-likeness (QED) is 0.703. The van der Waals surface area contributed by atoms with Crippen molar-refractivity contribution in [2.75, 3.05) is 0 Å². The lowest BCUT2D eigenvalue weighted by molar-refractivity contribution is 0.108. The highest BCUT2D eigenvalue weighted by Crippen LogP contribution is 2.25. The van der Waals surface area contributed by atoms with Gasteiger partial charge in [0.15, 0.2) is 0 Å². The van der Waals surface area contributed by atoms with Crippen LogP contribution in [-0.4, -0.2) is 15.2 Å². The number of fused-ring (bicyclic) bond motifs is 1. The second-order valence-corrected chi connectivity index (χ2v) is 3.37. The molecule has 70 valence electrons. The number of hydrogen-bond donors (Lipinski definition) is 0. The molecule has 0 unspecified atom stereocenters. The molecule has 0 amide bonds. The minimum absolute atomic E-state index is 0.203. The minimum atomic E-state index is -0.617. The largest absolute Gasteiger partial charge is 0.275 e. The second kappa shape index (κ2) is 3.52. The molecule has 0 aliphatic rings. The fourth-order valence-electron chi connectivity index (χ4n) is 1.14. The summed E-state index contributed by atoms with van der Waals surface area (Å²) in [5, 5.41) is 0.303. The van der Waals surface area contributed by atoms with E-state index in [1.807, 2.05) is 0 Å². The van der Waals surface area contributed by atoms with Gasteiger partial charge in [0.25, 0.3) is 5.24 Å². The highest BCUT2D eigenvalue weighted by Gasteiger charge is 2.11. The summed E-state index contributed by atoms with van der Waals surface area (Å²) >= 11 is 11.3. The number of hydrogen-bond acceptors (Lipinski definition) is 3. The highest BCUT2D eigenvalue weighted by atomic mass is 35.5. The molecule has 0 aliphatic carbocycles. The van der Waals surface area contributed by atoms with E-state index < -0.39 is 5.24 Å². The maximum atomic E-state index is 10.9. The van der Waals surface area contributed by atoms with Crippen LogP contribution in [0.25, 0.3) is 10.9 Å². The van der Waals surface area contributed by atoms with Gasteiger partial charge in [0.1, 0.15) is 0 Å². The van der Waals surface area contributed by atoms with E-state index in [2.05, 4.69) is 9.97 Å². The molecule has 0 radical (unpaired) electrons. The summed E-state index contributed by atoms with van der Waals surface area (Å²) in [6.07, 6.45) is 4.52. The number of carbonyl (C=O) groups excluding carboxylic acids is 1. The Morgan fingerprint density at radius 1 is 1.36 bits per heavy atom. The molecule has 0 bridgehead atoms. The topological polar surface area (TPSA) is 42.9 Å². The van der Waals surface area contributed by atoms with Crippen LogP contribution < -0.4 is 0 Å². The lowest BCUT2D eigenvalue weighted by atomic mass is 10.2. The summed E-state index contributed by atoms with van der Waals surface area (Å²) in [7, 11) is 0. The monoisotopic (exact) mass is 226 g/mol. The maximum Gasteiger partial charge on any atom is 0.255 e. The Balaban J connectivity index is 2.81. The van der Waals surface area contributed by atoms with Crippen molar-refractivity contribution in [2.24, 2.45) is 0 Å². The Labute approximate surface area is 89.7 Å². The predicted octanol–water partition coefficient (Wildman–Crippen LogP) is 2.66. The molecule has 5 heteroatoms. The normalized spacial score (nSPS) is 10.4. The summed E-state index contributed by atoms with van der Waals surface area (Å²) in [6, 6.07) is 1.71.